The number of ether oxygens (including phenoxy) is 2. The van der Waals surface area contributed by atoms with E-state index in [1.807, 2.05) is 13.0 Å². The minimum atomic E-state index is -4.75. The van der Waals surface area contributed by atoms with E-state index in [0.29, 0.717) is 35.1 Å². The first kappa shape index (κ1) is 21.7. The van der Waals surface area contributed by atoms with Crippen LogP contribution in [0.3, 0.4) is 0 Å². The van der Waals surface area contributed by atoms with Crippen LogP contribution in [-0.4, -0.2) is 16.6 Å². The third-order valence-corrected chi connectivity index (χ3v) is 4.85. The average molecular weight is 447 g/mol. The van der Waals surface area contributed by atoms with Gasteiger partial charge < -0.3 is 13.9 Å². The maximum atomic E-state index is 12.5. The SMILES string of the molecule is CCCCC1(c2ccc(OC(F)(F)F)cc2)C=C(Oc2cccc(-c3nnco3)c2)NO1. The van der Waals surface area contributed by atoms with E-state index < -0.39 is 12.0 Å². The van der Waals surface area contributed by atoms with Gasteiger partial charge in [-0.1, -0.05) is 38.0 Å². The number of hydrogen-bond donors (Lipinski definition) is 1. The van der Waals surface area contributed by atoms with Gasteiger partial charge in [-0.15, -0.1) is 23.4 Å². The Morgan fingerprint density at radius 3 is 2.59 bits per heavy atom. The summed E-state index contributed by atoms with van der Waals surface area (Å²) in [4.78, 5) is 5.89. The zero-order valence-corrected chi connectivity index (χ0v) is 17.1. The van der Waals surface area contributed by atoms with E-state index in [4.69, 9.17) is 14.0 Å². The van der Waals surface area contributed by atoms with Crippen LogP contribution in [0.15, 0.2) is 71.3 Å². The van der Waals surface area contributed by atoms with Gasteiger partial charge in [-0.25, -0.2) is 5.48 Å². The Labute approximate surface area is 181 Å². The van der Waals surface area contributed by atoms with Crippen LogP contribution in [0.2, 0.25) is 0 Å². The Morgan fingerprint density at radius 2 is 1.91 bits per heavy atom. The Hall–Kier alpha value is -3.53. The number of hydrogen-bond acceptors (Lipinski definition) is 7. The molecule has 1 atom stereocenters. The maximum Gasteiger partial charge on any atom is 0.573 e. The second-order valence-corrected chi connectivity index (χ2v) is 7.15. The van der Waals surface area contributed by atoms with Crippen molar-refractivity contribution in [1.82, 2.24) is 15.7 Å². The highest BCUT2D eigenvalue weighted by Crippen LogP contribution is 2.38. The Bertz CT molecular complexity index is 1070. The Kier molecular flexibility index (Phi) is 6.04. The van der Waals surface area contributed by atoms with E-state index in [-0.39, 0.29) is 5.75 Å². The topological polar surface area (TPSA) is 78.6 Å². The van der Waals surface area contributed by atoms with Crippen LogP contribution in [0.4, 0.5) is 13.2 Å². The highest BCUT2D eigenvalue weighted by atomic mass is 19.4. The van der Waals surface area contributed by atoms with Gasteiger partial charge in [0.1, 0.15) is 17.1 Å². The number of nitrogens with zero attached hydrogens (tertiary/aromatic N) is 2. The highest BCUT2D eigenvalue weighted by molar-refractivity contribution is 5.55. The van der Waals surface area contributed by atoms with Crippen LogP contribution in [0, 0.1) is 0 Å². The summed E-state index contributed by atoms with van der Waals surface area (Å²) in [5.41, 5.74) is 3.25. The van der Waals surface area contributed by atoms with Crippen LogP contribution < -0.4 is 15.0 Å². The molecule has 4 rings (SSSR count). The molecule has 1 aliphatic rings. The first-order valence-electron chi connectivity index (χ1n) is 9.94. The van der Waals surface area contributed by atoms with Crippen LogP contribution in [0.25, 0.3) is 11.5 Å². The Balaban J connectivity index is 1.56. The van der Waals surface area contributed by atoms with Gasteiger partial charge in [-0.3, -0.25) is 4.84 Å². The van der Waals surface area contributed by atoms with E-state index in [9.17, 15) is 13.2 Å². The van der Waals surface area contributed by atoms with Crippen LogP contribution in [-0.2, 0) is 10.4 Å². The van der Waals surface area contributed by atoms with Crippen molar-refractivity contribution < 1.29 is 31.9 Å². The summed E-state index contributed by atoms with van der Waals surface area (Å²) in [6.07, 6.45) is 0.621. The first-order valence-corrected chi connectivity index (χ1v) is 9.94. The molecule has 0 radical (unpaired) electrons. The zero-order chi connectivity index (χ0) is 22.6. The fraction of sp³-hybridized carbons (Fsp3) is 0.273. The third-order valence-electron chi connectivity index (χ3n) is 4.85. The molecule has 2 heterocycles. The lowest BCUT2D eigenvalue weighted by molar-refractivity contribution is -0.274. The lowest BCUT2D eigenvalue weighted by atomic mass is 9.88. The average Bonchev–Trinajstić information content (AvgIpc) is 3.43. The minimum absolute atomic E-state index is 0.295. The number of alkyl halides is 3. The van der Waals surface area contributed by atoms with E-state index in [0.717, 1.165) is 12.8 Å². The molecule has 10 heteroatoms. The number of aromatic nitrogens is 2. The first-order chi connectivity index (χ1) is 15.4. The van der Waals surface area contributed by atoms with E-state index in [1.54, 1.807) is 36.4 Å². The molecule has 7 nitrogen and oxygen atoms in total. The normalized spacial score (nSPS) is 18.2. The van der Waals surface area contributed by atoms with Gasteiger partial charge in [0.2, 0.25) is 18.2 Å². The molecule has 3 aromatic rings. The van der Waals surface area contributed by atoms with Crippen molar-refractivity contribution in [3.8, 4) is 23.0 Å². The van der Waals surface area contributed by atoms with Crippen molar-refractivity contribution in [2.24, 2.45) is 0 Å². The Morgan fingerprint density at radius 1 is 1.09 bits per heavy atom. The molecule has 32 heavy (non-hydrogen) atoms. The van der Waals surface area contributed by atoms with Gasteiger partial charge in [0.05, 0.1) is 0 Å². The largest absolute Gasteiger partial charge is 0.573 e. The van der Waals surface area contributed by atoms with Crippen LogP contribution in [0.5, 0.6) is 11.5 Å². The molecule has 0 spiro atoms. The highest BCUT2D eigenvalue weighted by Gasteiger charge is 2.38. The summed E-state index contributed by atoms with van der Waals surface area (Å²) in [5, 5.41) is 7.54. The van der Waals surface area contributed by atoms with Gasteiger partial charge >= 0.3 is 6.36 Å². The lowest BCUT2D eigenvalue weighted by Crippen LogP contribution is -2.27. The summed E-state index contributed by atoms with van der Waals surface area (Å²) in [6.45, 7) is 2.04. The smallest absolute Gasteiger partial charge is 0.439 e. The zero-order valence-electron chi connectivity index (χ0n) is 17.1. The van der Waals surface area contributed by atoms with E-state index in [1.165, 1.54) is 18.5 Å². The van der Waals surface area contributed by atoms with Crippen molar-refractivity contribution in [3.63, 3.8) is 0 Å². The predicted molar refractivity (Wildman–Crippen MR) is 107 cm³/mol. The molecule has 0 saturated carbocycles. The van der Waals surface area contributed by atoms with Gasteiger partial charge in [0.15, 0.2) is 0 Å². The molecular formula is C22H20F3N3O4. The number of rotatable bonds is 8. The molecule has 0 amide bonds. The molecule has 1 aromatic heterocycles. The molecule has 0 saturated heterocycles. The molecule has 1 unspecified atom stereocenters. The summed E-state index contributed by atoms with van der Waals surface area (Å²) in [5.74, 6) is 0.942. The fourth-order valence-electron chi connectivity index (χ4n) is 3.37. The summed E-state index contributed by atoms with van der Waals surface area (Å²) < 4.78 is 52.5. The van der Waals surface area contributed by atoms with Crippen molar-refractivity contribution in [3.05, 3.63) is 72.4 Å². The van der Waals surface area contributed by atoms with Gasteiger partial charge in [0.25, 0.3) is 0 Å². The summed E-state index contributed by atoms with van der Waals surface area (Å²) >= 11 is 0. The molecule has 0 fully saturated rings. The van der Waals surface area contributed by atoms with Crippen molar-refractivity contribution in [2.75, 3.05) is 0 Å². The second kappa shape index (κ2) is 8.91. The van der Waals surface area contributed by atoms with Crippen molar-refractivity contribution in [1.29, 1.82) is 0 Å². The molecule has 168 valence electrons. The molecule has 0 bridgehead atoms. The standard InChI is InChI=1S/C22H20F3N3O4/c1-2-3-11-21(16-7-9-17(10-8-16)31-22(23,24)25)13-19(28-32-21)30-18-6-4-5-15(12-18)20-27-26-14-29-20/h4-10,12-14,28H,2-3,11H2,1H3. The number of halogens is 3. The number of unbranched alkanes of at least 4 members (excludes halogenated alkanes) is 1. The van der Waals surface area contributed by atoms with E-state index >= 15 is 0 Å². The quantitative estimate of drug-likeness (QED) is 0.490. The van der Waals surface area contributed by atoms with Crippen molar-refractivity contribution >= 4 is 0 Å². The van der Waals surface area contributed by atoms with Gasteiger partial charge in [-0.2, -0.15) is 0 Å². The number of hydroxylamine groups is 1. The summed E-state index contributed by atoms with van der Waals surface area (Å²) in [7, 11) is 0. The van der Waals surface area contributed by atoms with Crippen molar-refractivity contribution in [2.45, 2.75) is 38.1 Å². The minimum Gasteiger partial charge on any atom is -0.439 e. The predicted octanol–water partition coefficient (Wildman–Crippen LogP) is 5.48. The monoisotopic (exact) mass is 447 g/mol. The molecule has 1 aliphatic heterocycles. The summed E-state index contributed by atoms with van der Waals surface area (Å²) in [6, 6.07) is 12.7. The fourth-order valence-corrected chi connectivity index (χ4v) is 3.37. The second-order valence-electron chi connectivity index (χ2n) is 7.15. The molecule has 2 aromatic carbocycles. The third kappa shape index (κ3) is 5.02. The lowest BCUT2D eigenvalue weighted by Gasteiger charge is -2.25. The van der Waals surface area contributed by atoms with Crippen LogP contribution in [0.1, 0.15) is 31.7 Å². The van der Waals surface area contributed by atoms with Crippen LogP contribution >= 0.6 is 0 Å². The van der Waals surface area contributed by atoms with Gasteiger partial charge in [0, 0.05) is 11.6 Å². The molecular weight excluding hydrogens is 427 g/mol. The molecule has 1 N–H and O–H groups in total. The molecule has 0 aliphatic carbocycles. The van der Waals surface area contributed by atoms with Gasteiger partial charge in [-0.05, 0) is 42.3 Å². The number of nitrogens with one attached hydrogen (secondary N) is 1. The maximum absolute atomic E-state index is 12.5. The number of benzene rings is 2. The van der Waals surface area contributed by atoms with E-state index in [2.05, 4.69) is 20.4 Å².